The largest absolute Gasteiger partial charge is 0.494 e. The van der Waals surface area contributed by atoms with E-state index >= 15 is 0 Å². The molecule has 5 heteroatoms. The van der Waals surface area contributed by atoms with Gasteiger partial charge in [0.15, 0.2) is 0 Å². The second-order valence-corrected chi connectivity index (χ2v) is 5.86. The lowest BCUT2D eigenvalue weighted by molar-refractivity contribution is 0.267. The van der Waals surface area contributed by atoms with Crippen LogP contribution in [0.2, 0.25) is 0 Å². The van der Waals surface area contributed by atoms with Crippen molar-refractivity contribution >= 4 is 0 Å². The number of aromatic hydroxyl groups is 1. The van der Waals surface area contributed by atoms with Gasteiger partial charge < -0.3 is 5.11 Å². The monoisotopic (exact) mass is 286 g/mol. The van der Waals surface area contributed by atoms with E-state index in [4.69, 9.17) is 0 Å². The van der Waals surface area contributed by atoms with Crippen molar-refractivity contribution in [2.45, 2.75) is 38.1 Å². The van der Waals surface area contributed by atoms with Crippen molar-refractivity contribution in [1.82, 2.24) is 9.55 Å². The fraction of sp³-hybridized carbons (Fsp3) is 0.375. The zero-order valence-corrected chi connectivity index (χ0v) is 11.9. The molecule has 1 fully saturated rings. The third-order valence-electron chi connectivity index (χ3n) is 4.37. The Morgan fingerprint density at radius 3 is 2.38 bits per heavy atom. The normalized spacial score (nSPS) is 17.0. The quantitative estimate of drug-likeness (QED) is 0.888. The van der Waals surface area contributed by atoms with Gasteiger partial charge in [-0.3, -0.25) is 14.3 Å². The minimum Gasteiger partial charge on any atom is -0.494 e. The Labute approximate surface area is 121 Å². The molecule has 0 spiro atoms. The Bertz CT molecular complexity index is 768. The average Bonchev–Trinajstić information content (AvgIpc) is 2.86. The van der Waals surface area contributed by atoms with Crippen molar-refractivity contribution in [3.8, 4) is 17.0 Å². The Kier molecular flexibility index (Phi) is 3.20. The SMILES string of the molecule is CC1(n2c(O)c(-c3ccccc3)c(=O)[nH]c2=O)CCCC1. The van der Waals surface area contributed by atoms with Gasteiger partial charge in [0.25, 0.3) is 5.56 Å². The van der Waals surface area contributed by atoms with Gasteiger partial charge in [-0.05, 0) is 25.3 Å². The standard InChI is InChI=1S/C16H18N2O3/c1-16(9-5-6-10-16)18-14(20)12(13(19)17-15(18)21)11-7-3-2-4-8-11/h2-4,7-8,20H,5-6,9-10H2,1H3,(H,17,19,21). The minimum atomic E-state index is -0.554. The summed E-state index contributed by atoms with van der Waals surface area (Å²) in [7, 11) is 0. The van der Waals surface area contributed by atoms with Crippen molar-refractivity contribution in [3.05, 3.63) is 51.2 Å². The zero-order valence-electron chi connectivity index (χ0n) is 11.9. The number of rotatable bonds is 2. The fourth-order valence-electron chi connectivity index (χ4n) is 3.25. The molecule has 21 heavy (non-hydrogen) atoms. The number of H-pyrrole nitrogens is 1. The molecular formula is C16H18N2O3. The van der Waals surface area contributed by atoms with E-state index in [0.29, 0.717) is 5.56 Å². The Balaban J connectivity index is 2.29. The fourth-order valence-corrected chi connectivity index (χ4v) is 3.25. The number of benzene rings is 1. The number of aromatic amines is 1. The van der Waals surface area contributed by atoms with Crippen molar-refractivity contribution < 1.29 is 5.11 Å². The van der Waals surface area contributed by atoms with Crippen LogP contribution in [-0.2, 0) is 5.54 Å². The van der Waals surface area contributed by atoms with Crippen LogP contribution in [0.25, 0.3) is 11.1 Å². The molecule has 1 saturated carbocycles. The first-order valence-corrected chi connectivity index (χ1v) is 7.17. The van der Waals surface area contributed by atoms with Crippen LogP contribution in [0.1, 0.15) is 32.6 Å². The van der Waals surface area contributed by atoms with Crippen molar-refractivity contribution in [3.63, 3.8) is 0 Å². The maximum absolute atomic E-state index is 12.2. The first-order valence-electron chi connectivity index (χ1n) is 7.17. The first-order chi connectivity index (χ1) is 10.0. The highest BCUT2D eigenvalue weighted by molar-refractivity contribution is 5.67. The van der Waals surface area contributed by atoms with Gasteiger partial charge in [-0.15, -0.1) is 0 Å². The van der Waals surface area contributed by atoms with E-state index in [1.807, 2.05) is 13.0 Å². The predicted octanol–water partition coefficient (Wildman–Crippen LogP) is 2.20. The summed E-state index contributed by atoms with van der Waals surface area (Å²) < 4.78 is 1.35. The molecule has 2 aromatic rings. The van der Waals surface area contributed by atoms with Gasteiger partial charge >= 0.3 is 5.69 Å². The lowest BCUT2D eigenvalue weighted by Gasteiger charge is -2.28. The summed E-state index contributed by atoms with van der Waals surface area (Å²) in [6.45, 7) is 1.95. The molecule has 1 aromatic heterocycles. The van der Waals surface area contributed by atoms with Gasteiger partial charge in [0, 0.05) is 5.54 Å². The molecule has 0 bridgehead atoms. The molecule has 0 atom stereocenters. The molecule has 110 valence electrons. The van der Waals surface area contributed by atoms with Gasteiger partial charge in [0.05, 0.1) is 0 Å². The predicted molar refractivity (Wildman–Crippen MR) is 80.5 cm³/mol. The topological polar surface area (TPSA) is 75.1 Å². The van der Waals surface area contributed by atoms with E-state index in [2.05, 4.69) is 4.98 Å². The van der Waals surface area contributed by atoms with E-state index in [9.17, 15) is 14.7 Å². The lowest BCUT2D eigenvalue weighted by atomic mass is 9.99. The van der Waals surface area contributed by atoms with E-state index in [0.717, 1.165) is 25.7 Å². The Morgan fingerprint density at radius 2 is 1.76 bits per heavy atom. The zero-order chi connectivity index (χ0) is 15.0. The molecule has 0 saturated heterocycles. The second kappa shape index (κ2) is 4.91. The smallest absolute Gasteiger partial charge is 0.331 e. The van der Waals surface area contributed by atoms with Crippen LogP contribution < -0.4 is 11.2 Å². The number of nitrogens with one attached hydrogen (secondary N) is 1. The van der Waals surface area contributed by atoms with Crippen LogP contribution in [0.5, 0.6) is 5.88 Å². The minimum absolute atomic E-state index is 0.156. The summed E-state index contributed by atoms with van der Waals surface area (Å²) >= 11 is 0. The number of hydrogen-bond donors (Lipinski definition) is 2. The van der Waals surface area contributed by atoms with Crippen molar-refractivity contribution in [2.75, 3.05) is 0 Å². The van der Waals surface area contributed by atoms with E-state index in [-0.39, 0.29) is 11.4 Å². The van der Waals surface area contributed by atoms with Gasteiger partial charge in [0.1, 0.15) is 5.56 Å². The number of aromatic nitrogens is 2. The van der Waals surface area contributed by atoms with E-state index in [1.54, 1.807) is 24.3 Å². The Morgan fingerprint density at radius 1 is 1.14 bits per heavy atom. The molecule has 2 N–H and O–H groups in total. The Hall–Kier alpha value is -2.30. The van der Waals surface area contributed by atoms with Gasteiger partial charge in [0.2, 0.25) is 5.88 Å². The maximum atomic E-state index is 12.2. The number of hydrogen-bond acceptors (Lipinski definition) is 3. The summed E-state index contributed by atoms with van der Waals surface area (Å²) in [6.07, 6.45) is 3.67. The lowest BCUT2D eigenvalue weighted by Crippen LogP contribution is -2.41. The van der Waals surface area contributed by atoms with E-state index in [1.165, 1.54) is 4.57 Å². The molecule has 0 aliphatic heterocycles. The van der Waals surface area contributed by atoms with Crippen LogP contribution in [0.4, 0.5) is 0 Å². The molecule has 5 nitrogen and oxygen atoms in total. The molecule has 1 aliphatic carbocycles. The molecule has 0 amide bonds. The van der Waals surface area contributed by atoms with Crippen LogP contribution in [0.3, 0.4) is 0 Å². The molecular weight excluding hydrogens is 268 g/mol. The van der Waals surface area contributed by atoms with Crippen molar-refractivity contribution in [2.24, 2.45) is 0 Å². The summed E-state index contributed by atoms with van der Waals surface area (Å²) in [5.74, 6) is -0.237. The van der Waals surface area contributed by atoms with Crippen LogP contribution in [0, 0.1) is 0 Å². The van der Waals surface area contributed by atoms with E-state index < -0.39 is 16.8 Å². The second-order valence-electron chi connectivity index (χ2n) is 5.86. The first kappa shape index (κ1) is 13.7. The van der Waals surface area contributed by atoms with Crippen LogP contribution >= 0.6 is 0 Å². The summed E-state index contributed by atoms with van der Waals surface area (Å²) in [4.78, 5) is 26.6. The van der Waals surface area contributed by atoms with Crippen LogP contribution in [-0.4, -0.2) is 14.7 Å². The highest BCUT2D eigenvalue weighted by atomic mass is 16.3. The molecule has 1 aliphatic rings. The van der Waals surface area contributed by atoms with Gasteiger partial charge in [-0.1, -0.05) is 43.2 Å². The molecule has 3 rings (SSSR count). The third kappa shape index (κ3) is 2.18. The molecule has 1 aromatic carbocycles. The van der Waals surface area contributed by atoms with Crippen molar-refractivity contribution in [1.29, 1.82) is 0 Å². The molecule has 0 unspecified atom stereocenters. The summed E-state index contributed by atoms with van der Waals surface area (Å²) in [6, 6.07) is 8.91. The third-order valence-corrected chi connectivity index (χ3v) is 4.37. The molecule has 0 radical (unpaired) electrons. The molecule has 1 heterocycles. The summed E-state index contributed by atoms with van der Waals surface area (Å²) in [5.41, 5.74) is -0.771. The van der Waals surface area contributed by atoms with Crippen LogP contribution in [0.15, 0.2) is 39.9 Å². The average molecular weight is 286 g/mol. The maximum Gasteiger partial charge on any atom is 0.331 e. The summed E-state index contributed by atoms with van der Waals surface area (Å²) in [5, 5.41) is 10.6. The highest BCUT2D eigenvalue weighted by Gasteiger charge is 2.35. The van der Waals surface area contributed by atoms with Gasteiger partial charge in [-0.2, -0.15) is 0 Å². The highest BCUT2D eigenvalue weighted by Crippen LogP contribution is 2.38. The van der Waals surface area contributed by atoms with Gasteiger partial charge in [-0.25, -0.2) is 4.79 Å². The number of nitrogens with zero attached hydrogens (tertiary/aromatic N) is 1.